The topological polar surface area (TPSA) is 57.5 Å². The van der Waals surface area contributed by atoms with Crippen LogP contribution in [0.25, 0.3) is 5.57 Å². The number of hydrogen-bond acceptors (Lipinski definition) is 2. The van der Waals surface area contributed by atoms with Crippen LogP contribution in [0.2, 0.25) is 0 Å². The highest BCUT2D eigenvalue weighted by Crippen LogP contribution is 2.25. The largest absolute Gasteiger partial charge is 0.478 e. The van der Waals surface area contributed by atoms with Crippen LogP contribution in [-0.4, -0.2) is 22.4 Å². The molecule has 0 fully saturated rings. The summed E-state index contributed by atoms with van der Waals surface area (Å²) in [5, 5.41) is 17.8. The molecule has 0 atom stereocenters. The first-order valence-corrected chi connectivity index (χ1v) is 4.98. The zero-order chi connectivity index (χ0) is 13.9. The van der Waals surface area contributed by atoms with Crippen LogP contribution in [0.5, 0.6) is 0 Å². The molecule has 18 heavy (non-hydrogen) atoms. The van der Waals surface area contributed by atoms with E-state index >= 15 is 0 Å². The van der Waals surface area contributed by atoms with E-state index in [1.165, 1.54) is 25.1 Å². The maximum absolute atomic E-state index is 12.2. The number of benzene rings is 1. The summed E-state index contributed by atoms with van der Waals surface area (Å²) in [5.74, 6) is -1.23. The third-order valence-electron chi connectivity index (χ3n) is 2.34. The van der Waals surface area contributed by atoms with Gasteiger partial charge in [-0.3, -0.25) is 0 Å². The lowest BCUT2D eigenvalue weighted by Gasteiger charge is -2.08. The highest BCUT2D eigenvalue weighted by Gasteiger charge is 2.24. The minimum atomic E-state index is -4.44. The van der Waals surface area contributed by atoms with Crippen LogP contribution >= 0.6 is 0 Å². The van der Waals surface area contributed by atoms with Crippen molar-refractivity contribution in [2.24, 2.45) is 0 Å². The molecule has 0 aliphatic heterocycles. The summed E-state index contributed by atoms with van der Waals surface area (Å²) in [6, 6.07) is 3.69. The zero-order valence-corrected chi connectivity index (χ0v) is 9.45. The maximum Gasteiger partial charge on any atom is 0.410 e. The lowest BCUT2D eigenvalue weighted by atomic mass is 10.00. The van der Waals surface area contributed by atoms with Crippen molar-refractivity contribution in [2.75, 3.05) is 0 Å². The number of hydrogen-bond donors (Lipinski definition) is 2. The molecule has 6 heteroatoms. The van der Waals surface area contributed by atoms with Crippen LogP contribution in [0.4, 0.5) is 13.2 Å². The summed E-state index contributed by atoms with van der Waals surface area (Å²) >= 11 is 0. The normalized spacial score (nSPS) is 12.6. The molecule has 0 heterocycles. The van der Waals surface area contributed by atoms with Gasteiger partial charge in [-0.05, 0) is 35.8 Å². The maximum atomic E-state index is 12.2. The fourth-order valence-corrected chi connectivity index (χ4v) is 1.51. The van der Waals surface area contributed by atoms with E-state index in [1.807, 2.05) is 0 Å². The molecule has 1 rings (SSSR count). The smallest absolute Gasteiger partial charge is 0.410 e. The van der Waals surface area contributed by atoms with Crippen LogP contribution in [0.3, 0.4) is 0 Å². The average molecular weight is 260 g/mol. The van der Waals surface area contributed by atoms with Crippen molar-refractivity contribution in [3.63, 3.8) is 0 Å². The summed E-state index contributed by atoms with van der Waals surface area (Å²) in [5.41, 5.74) is 0.131. The van der Waals surface area contributed by atoms with Gasteiger partial charge in [0.25, 0.3) is 0 Å². The van der Waals surface area contributed by atoms with E-state index in [9.17, 15) is 18.0 Å². The molecule has 0 bridgehead atoms. The summed E-state index contributed by atoms with van der Waals surface area (Å²) in [6.07, 6.45) is -4.31. The van der Waals surface area contributed by atoms with Gasteiger partial charge in [-0.2, -0.15) is 13.2 Å². The highest BCUT2D eigenvalue weighted by atomic mass is 19.4. The van der Waals surface area contributed by atoms with Crippen LogP contribution in [-0.2, 0) is 6.61 Å². The van der Waals surface area contributed by atoms with E-state index < -0.39 is 18.8 Å². The number of aliphatic hydroxyl groups excluding tert-OH is 1. The fraction of sp³-hybridized carbons (Fsp3) is 0.250. The van der Waals surface area contributed by atoms with Gasteiger partial charge >= 0.3 is 12.1 Å². The van der Waals surface area contributed by atoms with E-state index in [0.717, 1.165) is 0 Å². The molecule has 0 aliphatic carbocycles. The quantitative estimate of drug-likeness (QED) is 0.878. The van der Waals surface area contributed by atoms with Gasteiger partial charge in [0.1, 0.15) is 0 Å². The lowest BCUT2D eigenvalue weighted by molar-refractivity contribution is -0.0793. The molecule has 0 aliphatic rings. The van der Waals surface area contributed by atoms with Gasteiger partial charge in [0, 0.05) is 6.08 Å². The summed E-state index contributed by atoms with van der Waals surface area (Å²) in [7, 11) is 0. The monoisotopic (exact) mass is 260 g/mol. The van der Waals surface area contributed by atoms with Crippen LogP contribution in [0.1, 0.15) is 28.4 Å². The van der Waals surface area contributed by atoms with Crippen molar-refractivity contribution < 1.29 is 28.2 Å². The third kappa shape index (κ3) is 3.59. The Morgan fingerprint density at radius 1 is 1.39 bits per heavy atom. The summed E-state index contributed by atoms with van der Waals surface area (Å²) in [6.45, 7) is 0.721. The first-order chi connectivity index (χ1) is 8.24. The van der Waals surface area contributed by atoms with E-state index in [1.54, 1.807) is 0 Å². The first kappa shape index (κ1) is 14.2. The molecule has 1 aromatic rings. The number of aromatic carboxylic acids is 1. The van der Waals surface area contributed by atoms with Gasteiger partial charge in [-0.15, -0.1) is 0 Å². The Bertz CT molecular complexity index is 490. The Morgan fingerprint density at radius 3 is 2.44 bits per heavy atom. The molecule has 0 aromatic heterocycles. The third-order valence-corrected chi connectivity index (χ3v) is 2.34. The Morgan fingerprint density at radius 2 is 2.00 bits per heavy atom. The van der Waals surface area contributed by atoms with Crippen LogP contribution in [0.15, 0.2) is 24.3 Å². The predicted octanol–water partition coefficient (Wildman–Crippen LogP) is 2.84. The van der Waals surface area contributed by atoms with Gasteiger partial charge in [0.2, 0.25) is 0 Å². The number of carboxylic acid groups (broad SMARTS) is 1. The Labute approximate surface area is 101 Å². The fourth-order valence-electron chi connectivity index (χ4n) is 1.51. The predicted molar refractivity (Wildman–Crippen MR) is 59.0 cm³/mol. The molecule has 0 unspecified atom stereocenters. The molecule has 0 saturated carbocycles. The van der Waals surface area contributed by atoms with Crippen molar-refractivity contribution in [3.05, 3.63) is 41.0 Å². The number of allylic oxidation sites excluding steroid dienone is 2. The first-order valence-electron chi connectivity index (χ1n) is 4.98. The molecule has 0 spiro atoms. The molecule has 0 amide bonds. The molecule has 0 radical (unpaired) electrons. The molecule has 98 valence electrons. The van der Waals surface area contributed by atoms with Crippen molar-refractivity contribution >= 4 is 11.5 Å². The Balaban J connectivity index is 3.21. The number of alkyl halides is 3. The van der Waals surface area contributed by atoms with Crippen molar-refractivity contribution in [3.8, 4) is 0 Å². The van der Waals surface area contributed by atoms with Crippen molar-refractivity contribution in [1.82, 2.24) is 0 Å². The van der Waals surface area contributed by atoms with Gasteiger partial charge in [-0.1, -0.05) is 6.07 Å². The lowest BCUT2D eigenvalue weighted by Crippen LogP contribution is -2.05. The number of carbonyl (C=O) groups is 1. The highest BCUT2D eigenvalue weighted by molar-refractivity contribution is 5.90. The summed E-state index contributed by atoms with van der Waals surface area (Å²) < 4.78 is 36.5. The zero-order valence-electron chi connectivity index (χ0n) is 9.45. The minimum absolute atomic E-state index is 0.0471. The SMILES string of the molecule is CC(=CC(F)(F)F)c1ccc(C(=O)O)c(CO)c1. The van der Waals surface area contributed by atoms with Crippen molar-refractivity contribution in [1.29, 1.82) is 0 Å². The molecular weight excluding hydrogens is 249 g/mol. The Hall–Kier alpha value is -1.82. The minimum Gasteiger partial charge on any atom is -0.478 e. The van der Waals surface area contributed by atoms with E-state index in [2.05, 4.69) is 0 Å². The van der Waals surface area contributed by atoms with Crippen LogP contribution < -0.4 is 0 Å². The molecular formula is C12H11F3O3. The van der Waals surface area contributed by atoms with E-state index in [4.69, 9.17) is 10.2 Å². The summed E-state index contributed by atoms with van der Waals surface area (Å²) in [4.78, 5) is 10.8. The van der Waals surface area contributed by atoms with E-state index in [0.29, 0.717) is 0 Å². The number of carboxylic acids is 1. The van der Waals surface area contributed by atoms with Gasteiger partial charge in [-0.25, -0.2) is 4.79 Å². The number of aliphatic hydroxyl groups is 1. The molecule has 3 nitrogen and oxygen atoms in total. The number of rotatable bonds is 3. The molecule has 1 aromatic carbocycles. The molecule has 2 N–H and O–H groups in total. The number of halogens is 3. The molecule has 0 saturated heterocycles. The Kier molecular flexibility index (Phi) is 4.13. The van der Waals surface area contributed by atoms with E-state index in [-0.39, 0.29) is 28.3 Å². The van der Waals surface area contributed by atoms with Gasteiger partial charge in [0.15, 0.2) is 0 Å². The van der Waals surface area contributed by atoms with Crippen molar-refractivity contribution in [2.45, 2.75) is 19.7 Å². The second kappa shape index (κ2) is 5.22. The average Bonchev–Trinajstić information content (AvgIpc) is 2.25. The van der Waals surface area contributed by atoms with Gasteiger partial charge < -0.3 is 10.2 Å². The standard InChI is InChI=1S/C12H11F3O3/c1-7(5-12(13,14)15)8-2-3-10(11(17)18)9(4-8)6-16/h2-5,16H,6H2,1H3,(H,17,18). The second-order valence-corrected chi connectivity index (χ2v) is 3.70. The second-order valence-electron chi connectivity index (χ2n) is 3.70. The van der Waals surface area contributed by atoms with Crippen LogP contribution in [0, 0.1) is 0 Å². The van der Waals surface area contributed by atoms with Gasteiger partial charge in [0.05, 0.1) is 12.2 Å².